The zero-order valence-electron chi connectivity index (χ0n) is 11.7. The van der Waals surface area contributed by atoms with Gasteiger partial charge in [-0.1, -0.05) is 12.1 Å². The van der Waals surface area contributed by atoms with Gasteiger partial charge in [0.25, 0.3) is 5.91 Å². The highest BCUT2D eigenvalue weighted by molar-refractivity contribution is 6.08. The van der Waals surface area contributed by atoms with E-state index >= 15 is 0 Å². The van der Waals surface area contributed by atoms with Gasteiger partial charge in [0.2, 0.25) is 0 Å². The van der Waals surface area contributed by atoms with Crippen molar-refractivity contribution in [3.63, 3.8) is 0 Å². The third-order valence-electron chi connectivity index (χ3n) is 3.33. The summed E-state index contributed by atoms with van der Waals surface area (Å²) in [5.74, 6) is 1.09. The van der Waals surface area contributed by atoms with Gasteiger partial charge in [-0.2, -0.15) is 0 Å². The number of rotatable bonds is 2. The maximum Gasteiger partial charge on any atom is 0.258 e. The molecule has 3 N–H and O–H groups in total. The maximum atomic E-state index is 12.4. The van der Waals surface area contributed by atoms with Gasteiger partial charge in [-0.05, 0) is 30.7 Å². The molecule has 1 heterocycles. The third-order valence-corrected chi connectivity index (χ3v) is 3.33. The summed E-state index contributed by atoms with van der Waals surface area (Å²) in [5, 5.41) is 2.84. The molecular weight excluding hydrogens is 268 g/mol. The van der Waals surface area contributed by atoms with E-state index in [1.54, 1.807) is 24.3 Å². The molecular formula is C16H16N2O3. The Balaban J connectivity index is 1.85. The average molecular weight is 284 g/mol. The number of nitrogens with two attached hydrogens (primary N) is 1. The van der Waals surface area contributed by atoms with Gasteiger partial charge in [-0.25, -0.2) is 0 Å². The van der Waals surface area contributed by atoms with Gasteiger partial charge in [-0.15, -0.1) is 0 Å². The van der Waals surface area contributed by atoms with Crippen LogP contribution in [0.25, 0.3) is 0 Å². The Morgan fingerprint density at radius 3 is 2.67 bits per heavy atom. The van der Waals surface area contributed by atoms with Crippen molar-refractivity contribution in [1.29, 1.82) is 0 Å². The first-order valence-corrected chi connectivity index (χ1v) is 6.71. The van der Waals surface area contributed by atoms with Gasteiger partial charge in [-0.3, -0.25) is 4.79 Å². The van der Waals surface area contributed by atoms with Crippen molar-refractivity contribution in [2.45, 2.75) is 6.92 Å². The van der Waals surface area contributed by atoms with E-state index in [0.717, 1.165) is 5.56 Å². The lowest BCUT2D eigenvalue weighted by atomic mass is 10.1. The van der Waals surface area contributed by atoms with E-state index in [2.05, 4.69) is 5.32 Å². The highest BCUT2D eigenvalue weighted by atomic mass is 16.6. The first-order chi connectivity index (χ1) is 10.1. The molecule has 0 atom stereocenters. The van der Waals surface area contributed by atoms with Crippen LogP contribution in [0.2, 0.25) is 0 Å². The Hall–Kier alpha value is -2.69. The maximum absolute atomic E-state index is 12.4. The number of amides is 1. The number of aryl methyl sites for hydroxylation is 1. The summed E-state index contributed by atoms with van der Waals surface area (Å²) in [4.78, 5) is 12.4. The van der Waals surface area contributed by atoms with Crippen LogP contribution in [0.3, 0.4) is 0 Å². The van der Waals surface area contributed by atoms with Crippen LogP contribution in [0.15, 0.2) is 36.4 Å². The highest BCUT2D eigenvalue weighted by Crippen LogP contribution is 2.32. The average Bonchev–Trinajstić information content (AvgIpc) is 2.47. The Kier molecular flexibility index (Phi) is 3.39. The van der Waals surface area contributed by atoms with Crippen molar-refractivity contribution in [2.24, 2.45) is 0 Å². The zero-order valence-corrected chi connectivity index (χ0v) is 11.7. The summed E-state index contributed by atoms with van der Waals surface area (Å²) in [7, 11) is 0. The molecule has 108 valence electrons. The number of fused-ring (bicyclic) bond motifs is 1. The lowest BCUT2D eigenvalue weighted by Gasteiger charge is -2.19. The molecule has 1 aliphatic heterocycles. The van der Waals surface area contributed by atoms with Crippen LogP contribution in [0.5, 0.6) is 11.5 Å². The molecule has 0 aromatic heterocycles. The van der Waals surface area contributed by atoms with Crippen molar-refractivity contribution in [3.8, 4) is 11.5 Å². The number of anilines is 2. The Bertz CT molecular complexity index is 678. The second kappa shape index (κ2) is 5.36. The standard InChI is InChI=1S/C16H16N2O3/c1-10-3-2-4-12(17)15(10)16(19)18-11-5-6-13-14(9-11)21-8-7-20-13/h2-6,9H,7-8,17H2,1H3,(H,18,19). The monoisotopic (exact) mass is 284 g/mol. The van der Waals surface area contributed by atoms with Gasteiger partial charge < -0.3 is 20.5 Å². The molecule has 0 saturated carbocycles. The molecule has 0 bridgehead atoms. The van der Waals surface area contributed by atoms with Gasteiger partial charge in [0.15, 0.2) is 11.5 Å². The van der Waals surface area contributed by atoms with E-state index in [1.165, 1.54) is 0 Å². The Morgan fingerprint density at radius 2 is 1.90 bits per heavy atom. The predicted molar refractivity (Wildman–Crippen MR) is 81.0 cm³/mol. The number of benzene rings is 2. The predicted octanol–water partition coefficient (Wildman–Crippen LogP) is 2.60. The van der Waals surface area contributed by atoms with Gasteiger partial charge >= 0.3 is 0 Å². The fourth-order valence-electron chi connectivity index (χ4n) is 2.32. The van der Waals surface area contributed by atoms with Crippen molar-refractivity contribution in [3.05, 3.63) is 47.5 Å². The fraction of sp³-hybridized carbons (Fsp3) is 0.188. The molecule has 2 aromatic carbocycles. The van der Waals surface area contributed by atoms with E-state index in [0.29, 0.717) is 41.7 Å². The highest BCUT2D eigenvalue weighted by Gasteiger charge is 2.15. The van der Waals surface area contributed by atoms with E-state index in [-0.39, 0.29) is 5.91 Å². The van der Waals surface area contributed by atoms with Gasteiger partial charge in [0.1, 0.15) is 13.2 Å². The van der Waals surface area contributed by atoms with Crippen LogP contribution < -0.4 is 20.5 Å². The van der Waals surface area contributed by atoms with Crippen molar-refractivity contribution in [2.75, 3.05) is 24.3 Å². The van der Waals surface area contributed by atoms with E-state index < -0.39 is 0 Å². The summed E-state index contributed by atoms with van der Waals surface area (Å²) < 4.78 is 10.9. The van der Waals surface area contributed by atoms with Crippen LogP contribution in [-0.4, -0.2) is 19.1 Å². The molecule has 0 spiro atoms. The lowest BCUT2D eigenvalue weighted by molar-refractivity contribution is 0.102. The molecule has 1 aliphatic rings. The second-order valence-electron chi connectivity index (χ2n) is 4.85. The molecule has 0 radical (unpaired) electrons. The molecule has 0 unspecified atom stereocenters. The number of nitrogens with one attached hydrogen (secondary N) is 1. The van der Waals surface area contributed by atoms with Crippen LogP contribution >= 0.6 is 0 Å². The Labute approximate surface area is 122 Å². The van der Waals surface area contributed by atoms with Crippen LogP contribution in [0.4, 0.5) is 11.4 Å². The summed E-state index contributed by atoms with van der Waals surface area (Å²) >= 11 is 0. The summed E-state index contributed by atoms with van der Waals surface area (Å²) in [5.41, 5.74) is 8.32. The molecule has 0 fully saturated rings. The summed E-state index contributed by atoms with van der Waals surface area (Å²) in [6.07, 6.45) is 0. The first-order valence-electron chi connectivity index (χ1n) is 6.71. The number of hydrogen-bond donors (Lipinski definition) is 2. The number of ether oxygens (including phenoxy) is 2. The largest absolute Gasteiger partial charge is 0.486 e. The number of carbonyl (C=O) groups is 1. The molecule has 5 heteroatoms. The molecule has 2 aromatic rings. The lowest BCUT2D eigenvalue weighted by Crippen LogP contribution is -2.17. The van der Waals surface area contributed by atoms with E-state index in [9.17, 15) is 4.79 Å². The minimum Gasteiger partial charge on any atom is -0.486 e. The van der Waals surface area contributed by atoms with E-state index in [4.69, 9.17) is 15.2 Å². The molecule has 5 nitrogen and oxygen atoms in total. The summed E-state index contributed by atoms with van der Waals surface area (Å²) in [6, 6.07) is 10.7. The number of nitrogen functional groups attached to an aromatic ring is 1. The fourth-order valence-corrected chi connectivity index (χ4v) is 2.32. The van der Waals surface area contributed by atoms with Crippen molar-refractivity contribution >= 4 is 17.3 Å². The molecule has 3 rings (SSSR count). The first kappa shape index (κ1) is 13.3. The zero-order chi connectivity index (χ0) is 14.8. The summed E-state index contributed by atoms with van der Waals surface area (Å²) in [6.45, 7) is 2.91. The van der Waals surface area contributed by atoms with Crippen LogP contribution in [0.1, 0.15) is 15.9 Å². The number of hydrogen-bond acceptors (Lipinski definition) is 4. The Morgan fingerprint density at radius 1 is 1.14 bits per heavy atom. The van der Waals surface area contributed by atoms with E-state index in [1.807, 2.05) is 19.1 Å². The molecule has 0 saturated heterocycles. The van der Waals surface area contributed by atoms with Crippen molar-refractivity contribution in [1.82, 2.24) is 0 Å². The van der Waals surface area contributed by atoms with Gasteiger partial charge in [0, 0.05) is 17.4 Å². The molecule has 0 aliphatic carbocycles. The minimum atomic E-state index is -0.234. The van der Waals surface area contributed by atoms with Crippen molar-refractivity contribution < 1.29 is 14.3 Å². The number of carbonyl (C=O) groups excluding carboxylic acids is 1. The molecule has 1 amide bonds. The van der Waals surface area contributed by atoms with Crippen LogP contribution in [-0.2, 0) is 0 Å². The van der Waals surface area contributed by atoms with Gasteiger partial charge in [0.05, 0.1) is 5.56 Å². The molecule has 21 heavy (non-hydrogen) atoms. The topological polar surface area (TPSA) is 73.6 Å². The minimum absolute atomic E-state index is 0.234. The van der Waals surface area contributed by atoms with Crippen LogP contribution in [0, 0.1) is 6.92 Å². The SMILES string of the molecule is Cc1cccc(N)c1C(=O)Nc1ccc2c(c1)OCCO2. The normalized spacial score (nSPS) is 12.8. The smallest absolute Gasteiger partial charge is 0.258 e. The third kappa shape index (κ3) is 2.63. The second-order valence-corrected chi connectivity index (χ2v) is 4.85. The quantitative estimate of drug-likeness (QED) is 0.831.